The topological polar surface area (TPSA) is 76.2 Å². The number of sulfonamides is 1. The Bertz CT molecular complexity index is 1270. The van der Waals surface area contributed by atoms with Gasteiger partial charge in [-0.05, 0) is 61.0 Å². The smallest absolute Gasteiger partial charge is 0.243 e. The summed E-state index contributed by atoms with van der Waals surface area (Å²) in [4.78, 5) is 16.5. The van der Waals surface area contributed by atoms with Crippen LogP contribution in [0.3, 0.4) is 0 Å². The molecule has 0 N–H and O–H groups in total. The number of hydrogen-bond donors (Lipinski definition) is 0. The highest BCUT2D eigenvalue weighted by Crippen LogP contribution is 2.34. The van der Waals surface area contributed by atoms with Crippen LogP contribution < -0.4 is 9.47 Å². The molecule has 7 nitrogen and oxygen atoms in total. The number of aryl methyl sites for hydroxylation is 1. The maximum Gasteiger partial charge on any atom is 0.243 e. The molecular formula is C25H26N2O5S2. The summed E-state index contributed by atoms with van der Waals surface area (Å²) in [6, 6.07) is 16.2. The van der Waals surface area contributed by atoms with E-state index in [4.69, 9.17) is 9.47 Å². The molecule has 1 fully saturated rings. The molecule has 3 aromatic rings. The summed E-state index contributed by atoms with van der Waals surface area (Å²) in [7, 11) is -3.77. The first-order valence-electron chi connectivity index (χ1n) is 11.2. The van der Waals surface area contributed by atoms with E-state index in [2.05, 4.69) is 0 Å². The Balaban J connectivity index is 1.39. The Labute approximate surface area is 203 Å². The van der Waals surface area contributed by atoms with Crippen LogP contribution in [-0.2, 0) is 27.9 Å². The van der Waals surface area contributed by atoms with Crippen LogP contribution >= 0.6 is 11.3 Å². The van der Waals surface area contributed by atoms with Gasteiger partial charge in [-0.25, -0.2) is 8.42 Å². The molecule has 0 saturated heterocycles. The van der Waals surface area contributed by atoms with E-state index in [1.807, 2.05) is 42.6 Å². The lowest BCUT2D eigenvalue weighted by molar-refractivity contribution is -0.132. The summed E-state index contributed by atoms with van der Waals surface area (Å²) in [6.45, 7) is 2.67. The van der Waals surface area contributed by atoms with Gasteiger partial charge in [-0.2, -0.15) is 4.31 Å². The van der Waals surface area contributed by atoms with E-state index in [1.165, 1.54) is 4.31 Å². The zero-order chi connectivity index (χ0) is 23.7. The van der Waals surface area contributed by atoms with Crippen LogP contribution in [0.1, 0.15) is 28.8 Å². The van der Waals surface area contributed by atoms with Gasteiger partial charge in [-0.3, -0.25) is 4.79 Å². The average Bonchev–Trinajstić information content (AvgIpc) is 3.31. The van der Waals surface area contributed by atoms with Crippen LogP contribution in [0.25, 0.3) is 0 Å². The standard InChI is InChI=1S/C25H26N2O5S2/c1-18-4-9-22(10-5-18)34(29,30)27(20-7-8-20)16-25(28)26(15-21-3-2-12-33-21)14-19-6-11-23-24(13-19)32-17-31-23/h2-6,9-13,20H,7-8,14-17H2,1H3. The van der Waals surface area contributed by atoms with Crippen molar-refractivity contribution in [1.29, 1.82) is 0 Å². The Morgan fingerprint density at radius 3 is 2.50 bits per heavy atom. The van der Waals surface area contributed by atoms with Crippen molar-refractivity contribution < 1.29 is 22.7 Å². The molecule has 5 rings (SSSR count). The third kappa shape index (κ3) is 4.96. The number of fused-ring (bicyclic) bond motifs is 1. The minimum absolute atomic E-state index is 0.135. The average molecular weight is 499 g/mol. The second-order valence-electron chi connectivity index (χ2n) is 8.61. The zero-order valence-corrected chi connectivity index (χ0v) is 20.5. The summed E-state index contributed by atoms with van der Waals surface area (Å²) >= 11 is 1.57. The van der Waals surface area contributed by atoms with Gasteiger partial charge in [0.1, 0.15) is 0 Å². The van der Waals surface area contributed by atoms with Crippen molar-refractivity contribution in [3.63, 3.8) is 0 Å². The number of thiophene rings is 1. The molecule has 0 spiro atoms. The molecule has 34 heavy (non-hydrogen) atoms. The van der Waals surface area contributed by atoms with E-state index >= 15 is 0 Å². The lowest BCUT2D eigenvalue weighted by atomic mass is 10.2. The molecule has 1 aliphatic carbocycles. The van der Waals surface area contributed by atoms with Crippen LogP contribution in [0.2, 0.25) is 0 Å². The SMILES string of the molecule is Cc1ccc(S(=O)(=O)N(CC(=O)N(Cc2ccc3c(c2)OCO3)Cc2cccs2)C2CC2)cc1. The van der Waals surface area contributed by atoms with Crippen LogP contribution in [0.5, 0.6) is 11.5 Å². The van der Waals surface area contributed by atoms with Crippen molar-refractivity contribution in [2.24, 2.45) is 0 Å². The molecule has 2 aliphatic rings. The number of rotatable bonds is 9. The normalized spacial score (nSPS) is 15.0. The van der Waals surface area contributed by atoms with Gasteiger partial charge in [-0.15, -0.1) is 11.3 Å². The van der Waals surface area contributed by atoms with Crippen molar-refractivity contribution in [3.8, 4) is 11.5 Å². The minimum Gasteiger partial charge on any atom is -0.454 e. The van der Waals surface area contributed by atoms with Crippen molar-refractivity contribution in [2.75, 3.05) is 13.3 Å². The van der Waals surface area contributed by atoms with E-state index in [1.54, 1.807) is 40.5 Å². The van der Waals surface area contributed by atoms with Crippen LogP contribution in [0.4, 0.5) is 0 Å². The predicted molar refractivity (Wildman–Crippen MR) is 129 cm³/mol. The Morgan fingerprint density at radius 2 is 1.79 bits per heavy atom. The molecular weight excluding hydrogens is 472 g/mol. The number of hydrogen-bond acceptors (Lipinski definition) is 6. The lowest BCUT2D eigenvalue weighted by Crippen LogP contribution is -2.43. The molecule has 0 atom stereocenters. The summed E-state index contributed by atoms with van der Waals surface area (Å²) in [5.41, 5.74) is 1.88. The quantitative estimate of drug-likeness (QED) is 0.443. The summed E-state index contributed by atoms with van der Waals surface area (Å²) in [6.07, 6.45) is 1.54. The number of benzene rings is 2. The molecule has 1 saturated carbocycles. The first-order valence-corrected chi connectivity index (χ1v) is 13.5. The van der Waals surface area contributed by atoms with Crippen LogP contribution in [-0.4, -0.2) is 42.9 Å². The lowest BCUT2D eigenvalue weighted by Gasteiger charge is -2.27. The molecule has 0 unspecified atom stereocenters. The number of carbonyl (C=O) groups is 1. The number of ether oxygens (including phenoxy) is 2. The number of carbonyl (C=O) groups excluding carboxylic acids is 1. The number of amides is 1. The molecule has 1 aliphatic heterocycles. The third-order valence-corrected chi connectivity index (χ3v) is 8.74. The maximum absolute atomic E-state index is 13.6. The first kappa shape index (κ1) is 22.9. The fourth-order valence-electron chi connectivity index (χ4n) is 3.93. The van der Waals surface area contributed by atoms with Crippen molar-refractivity contribution in [1.82, 2.24) is 9.21 Å². The summed E-state index contributed by atoms with van der Waals surface area (Å²) < 4.78 is 39.1. The van der Waals surface area contributed by atoms with Gasteiger partial charge >= 0.3 is 0 Å². The van der Waals surface area contributed by atoms with E-state index in [0.29, 0.717) is 24.6 Å². The highest BCUT2D eigenvalue weighted by atomic mass is 32.2. The molecule has 9 heteroatoms. The fraction of sp³-hybridized carbons (Fsp3) is 0.320. The molecule has 0 radical (unpaired) electrons. The van der Waals surface area contributed by atoms with E-state index in [-0.39, 0.29) is 30.2 Å². The largest absolute Gasteiger partial charge is 0.454 e. The number of nitrogens with zero attached hydrogens (tertiary/aromatic N) is 2. The zero-order valence-electron chi connectivity index (χ0n) is 18.8. The van der Waals surface area contributed by atoms with Gasteiger partial charge in [0.15, 0.2) is 11.5 Å². The third-order valence-electron chi connectivity index (χ3n) is 5.96. The summed E-state index contributed by atoms with van der Waals surface area (Å²) in [5.74, 6) is 1.11. The molecule has 1 amide bonds. The Kier molecular flexibility index (Phi) is 6.33. The van der Waals surface area contributed by atoms with Crippen LogP contribution in [0.15, 0.2) is 64.9 Å². The molecule has 178 valence electrons. The second-order valence-corrected chi connectivity index (χ2v) is 11.5. The van der Waals surface area contributed by atoms with Crippen molar-refractivity contribution >= 4 is 27.3 Å². The fourth-order valence-corrected chi connectivity index (χ4v) is 6.29. The highest BCUT2D eigenvalue weighted by Gasteiger charge is 2.40. The Hall–Kier alpha value is -2.88. The first-order chi connectivity index (χ1) is 16.4. The molecule has 1 aromatic heterocycles. The van der Waals surface area contributed by atoms with Crippen LogP contribution in [0, 0.1) is 6.92 Å². The predicted octanol–water partition coefficient (Wildman–Crippen LogP) is 4.17. The monoisotopic (exact) mass is 498 g/mol. The van der Waals surface area contributed by atoms with E-state index in [0.717, 1.165) is 28.8 Å². The van der Waals surface area contributed by atoms with E-state index in [9.17, 15) is 13.2 Å². The summed E-state index contributed by atoms with van der Waals surface area (Å²) in [5, 5.41) is 1.97. The maximum atomic E-state index is 13.6. The van der Waals surface area contributed by atoms with Gasteiger partial charge in [-0.1, -0.05) is 29.8 Å². The Morgan fingerprint density at radius 1 is 1.03 bits per heavy atom. The molecule has 2 heterocycles. The molecule has 2 aromatic carbocycles. The highest BCUT2D eigenvalue weighted by molar-refractivity contribution is 7.89. The van der Waals surface area contributed by atoms with Gasteiger partial charge in [0.2, 0.25) is 22.7 Å². The van der Waals surface area contributed by atoms with Gasteiger partial charge in [0, 0.05) is 17.5 Å². The minimum atomic E-state index is -3.77. The van der Waals surface area contributed by atoms with Gasteiger partial charge in [0.05, 0.1) is 18.0 Å². The second kappa shape index (κ2) is 9.40. The van der Waals surface area contributed by atoms with Gasteiger partial charge < -0.3 is 14.4 Å². The van der Waals surface area contributed by atoms with Crippen molar-refractivity contribution in [3.05, 3.63) is 76.0 Å². The van der Waals surface area contributed by atoms with Crippen molar-refractivity contribution in [2.45, 2.75) is 43.8 Å². The van der Waals surface area contributed by atoms with E-state index < -0.39 is 10.0 Å². The van der Waals surface area contributed by atoms with Gasteiger partial charge in [0.25, 0.3) is 0 Å². The molecule has 0 bridgehead atoms.